The highest BCUT2D eigenvalue weighted by atomic mass is 32.1. The number of anilines is 2. The minimum absolute atomic E-state index is 0.286. The van der Waals surface area contributed by atoms with Crippen molar-refractivity contribution in [3.05, 3.63) is 47.6 Å². The fourth-order valence-corrected chi connectivity index (χ4v) is 4.16. The number of aromatic nitrogens is 3. The standard InChI is InChI=1S/C20H23N5O2S/c1-27-17-7-3-2-6-16(17)19-22-11-15(28-19)12-23-20-21-9-8-18(24-20)25-10-4-5-14(26)13-25/h2-3,6-9,11,14,26H,4-5,10,12-13H2,1H3,(H,21,23,24). The van der Waals surface area contributed by atoms with E-state index in [9.17, 15) is 5.11 Å². The molecule has 0 aliphatic carbocycles. The van der Waals surface area contributed by atoms with Gasteiger partial charge >= 0.3 is 0 Å². The van der Waals surface area contributed by atoms with Gasteiger partial charge in [0.1, 0.15) is 16.6 Å². The van der Waals surface area contributed by atoms with E-state index in [2.05, 4.69) is 25.2 Å². The second kappa shape index (κ2) is 8.53. The topological polar surface area (TPSA) is 83.4 Å². The molecular formula is C20H23N5O2S. The van der Waals surface area contributed by atoms with Crippen molar-refractivity contribution in [2.45, 2.75) is 25.5 Å². The van der Waals surface area contributed by atoms with Crippen LogP contribution in [0.15, 0.2) is 42.7 Å². The van der Waals surface area contributed by atoms with E-state index < -0.39 is 0 Å². The Hall–Kier alpha value is -2.71. The van der Waals surface area contributed by atoms with Crippen LogP contribution < -0.4 is 15.0 Å². The molecule has 1 aliphatic rings. The van der Waals surface area contributed by atoms with Crippen molar-refractivity contribution in [3.63, 3.8) is 0 Å². The van der Waals surface area contributed by atoms with Gasteiger partial charge in [-0.05, 0) is 31.0 Å². The van der Waals surface area contributed by atoms with Crippen LogP contribution in [0.25, 0.3) is 10.6 Å². The van der Waals surface area contributed by atoms with E-state index in [0.29, 0.717) is 19.0 Å². The van der Waals surface area contributed by atoms with Crippen LogP contribution in [0.4, 0.5) is 11.8 Å². The van der Waals surface area contributed by atoms with Gasteiger partial charge in [0.05, 0.1) is 25.3 Å². The van der Waals surface area contributed by atoms with Gasteiger partial charge in [0.15, 0.2) is 0 Å². The zero-order chi connectivity index (χ0) is 19.3. The molecule has 1 aromatic carbocycles. The summed E-state index contributed by atoms with van der Waals surface area (Å²) in [5.41, 5.74) is 0.989. The third-order valence-corrected chi connectivity index (χ3v) is 5.70. The highest BCUT2D eigenvalue weighted by molar-refractivity contribution is 7.15. The number of β-amino-alcohol motifs (C(OH)–C–C–N with tert-alkyl or cyclic N) is 1. The molecule has 0 amide bonds. The highest BCUT2D eigenvalue weighted by Crippen LogP contribution is 2.32. The van der Waals surface area contributed by atoms with Crippen LogP contribution in [-0.2, 0) is 6.54 Å². The fraction of sp³-hybridized carbons (Fsp3) is 0.350. The Balaban J connectivity index is 1.43. The maximum atomic E-state index is 9.88. The molecule has 3 heterocycles. The zero-order valence-electron chi connectivity index (χ0n) is 15.7. The van der Waals surface area contributed by atoms with Gasteiger partial charge in [0.2, 0.25) is 5.95 Å². The summed E-state index contributed by atoms with van der Waals surface area (Å²) in [5, 5.41) is 14.1. The van der Waals surface area contributed by atoms with Gasteiger partial charge < -0.3 is 20.1 Å². The summed E-state index contributed by atoms with van der Waals surface area (Å²) in [6.07, 6.45) is 5.15. The summed E-state index contributed by atoms with van der Waals surface area (Å²) in [4.78, 5) is 16.6. The van der Waals surface area contributed by atoms with Crippen LogP contribution in [0.1, 0.15) is 17.7 Å². The summed E-state index contributed by atoms with van der Waals surface area (Å²) in [5.74, 6) is 2.23. The number of hydrogen-bond acceptors (Lipinski definition) is 8. The first-order valence-corrected chi connectivity index (χ1v) is 10.1. The number of para-hydroxylation sites is 1. The second-order valence-corrected chi connectivity index (χ2v) is 7.78. The number of nitrogens with zero attached hydrogens (tertiary/aromatic N) is 4. The van der Waals surface area contributed by atoms with Crippen molar-refractivity contribution in [3.8, 4) is 16.3 Å². The quantitative estimate of drug-likeness (QED) is 0.661. The van der Waals surface area contributed by atoms with Crippen LogP contribution in [-0.4, -0.2) is 46.4 Å². The number of ether oxygens (including phenoxy) is 1. The van der Waals surface area contributed by atoms with Gasteiger partial charge in [-0.1, -0.05) is 12.1 Å². The number of aliphatic hydroxyl groups is 1. The zero-order valence-corrected chi connectivity index (χ0v) is 16.5. The normalized spacial score (nSPS) is 16.8. The van der Waals surface area contributed by atoms with Gasteiger partial charge in [-0.25, -0.2) is 9.97 Å². The van der Waals surface area contributed by atoms with Crippen molar-refractivity contribution < 1.29 is 9.84 Å². The van der Waals surface area contributed by atoms with Crippen LogP contribution in [0, 0.1) is 0 Å². The number of nitrogens with one attached hydrogen (secondary N) is 1. The molecule has 0 radical (unpaired) electrons. The van der Waals surface area contributed by atoms with Crippen LogP contribution >= 0.6 is 11.3 Å². The summed E-state index contributed by atoms with van der Waals surface area (Å²) in [6, 6.07) is 9.76. The van der Waals surface area contributed by atoms with Gasteiger partial charge in [0.25, 0.3) is 0 Å². The lowest BCUT2D eigenvalue weighted by atomic mass is 10.1. The molecule has 1 unspecified atom stereocenters. The third kappa shape index (κ3) is 4.23. The minimum Gasteiger partial charge on any atom is -0.496 e. The van der Waals surface area contributed by atoms with Crippen molar-refractivity contribution in [2.75, 3.05) is 30.4 Å². The third-order valence-electron chi connectivity index (χ3n) is 4.67. The van der Waals surface area contributed by atoms with Gasteiger partial charge in [0, 0.05) is 30.4 Å². The lowest BCUT2D eigenvalue weighted by Crippen LogP contribution is -2.38. The lowest BCUT2D eigenvalue weighted by Gasteiger charge is -2.31. The lowest BCUT2D eigenvalue weighted by molar-refractivity contribution is 0.154. The summed E-state index contributed by atoms with van der Waals surface area (Å²) >= 11 is 1.61. The molecular weight excluding hydrogens is 374 g/mol. The van der Waals surface area contributed by atoms with Gasteiger partial charge in [-0.3, -0.25) is 0 Å². The number of thiazole rings is 1. The number of benzene rings is 1. The van der Waals surface area contributed by atoms with E-state index in [-0.39, 0.29) is 6.10 Å². The number of aliphatic hydroxyl groups excluding tert-OH is 1. The highest BCUT2D eigenvalue weighted by Gasteiger charge is 2.19. The molecule has 7 nitrogen and oxygen atoms in total. The predicted molar refractivity (Wildman–Crippen MR) is 111 cm³/mol. The van der Waals surface area contributed by atoms with Crippen LogP contribution in [0.2, 0.25) is 0 Å². The monoisotopic (exact) mass is 397 g/mol. The maximum Gasteiger partial charge on any atom is 0.224 e. The van der Waals surface area contributed by atoms with E-state index >= 15 is 0 Å². The Morgan fingerprint density at radius 2 is 2.18 bits per heavy atom. The number of rotatable bonds is 6. The van der Waals surface area contributed by atoms with Crippen molar-refractivity contribution in [1.82, 2.24) is 15.0 Å². The molecule has 3 aromatic rings. The molecule has 4 rings (SSSR count). The number of methoxy groups -OCH3 is 1. The molecule has 2 N–H and O–H groups in total. The average molecular weight is 398 g/mol. The van der Waals surface area contributed by atoms with Gasteiger partial charge in [-0.15, -0.1) is 11.3 Å². The second-order valence-electron chi connectivity index (χ2n) is 6.67. The SMILES string of the molecule is COc1ccccc1-c1ncc(CNc2nccc(N3CCCC(O)C3)n2)s1. The first-order valence-electron chi connectivity index (χ1n) is 9.31. The first kappa shape index (κ1) is 18.6. The van der Waals surface area contributed by atoms with Crippen LogP contribution in [0.5, 0.6) is 5.75 Å². The molecule has 1 saturated heterocycles. The van der Waals surface area contributed by atoms with Crippen molar-refractivity contribution >= 4 is 23.1 Å². The number of hydrogen-bond donors (Lipinski definition) is 2. The van der Waals surface area contributed by atoms with E-state index in [0.717, 1.165) is 46.4 Å². The van der Waals surface area contributed by atoms with E-state index in [1.54, 1.807) is 24.6 Å². The Bertz CT molecular complexity index is 932. The molecule has 1 fully saturated rings. The van der Waals surface area contributed by atoms with Gasteiger partial charge in [-0.2, -0.15) is 4.98 Å². The van der Waals surface area contributed by atoms with Crippen molar-refractivity contribution in [1.29, 1.82) is 0 Å². The Labute approximate surface area is 168 Å². The molecule has 0 spiro atoms. The summed E-state index contributed by atoms with van der Waals surface area (Å²) in [7, 11) is 1.67. The molecule has 146 valence electrons. The molecule has 8 heteroatoms. The fourth-order valence-electron chi connectivity index (χ4n) is 3.27. The summed E-state index contributed by atoms with van der Waals surface area (Å²) in [6.45, 7) is 2.12. The molecule has 0 saturated carbocycles. The van der Waals surface area contributed by atoms with E-state index in [1.807, 2.05) is 36.5 Å². The Morgan fingerprint density at radius 1 is 1.29 bits per heavy atom. The molecule has 1 atom stereocenters. The molecule has 1 aliphatic heterocycles. The maximum absolute atomic E-state index is 9.88. The molecule has 0 bridgehead atoms. The van der Waals surface area contributed by atoms with Crippen molar-refractivity contribution in [2.24, 2.45) is 0 Å². The smallest absolute Gasteiger partial charge is 0.224 e. The minimum atomic E-state index is -0.286. The molecule has 2 aromatic heterocycles. The van der Waals surface area contributed by atoms with E-state index in [4.69, 9.17) is 4.74 Å². The Kier molecular flexibility index (Phi) is 5.68. The molecule has 28 heavy (non-hydrogen) atoms. The van der Waals surface area contributed by atoms with Crippen LogP contribution in [0.3, 0.4) is 0 Å². The Morgan fingerprint density at radius 3 is 3.04 bits per heavy atom. The average Bonchev–Trinajstić information content (AvgIpc) is 3.21. The largest absolute Gasteiger partial charge is 0.496 e. The van der Waals surface area contributed by atoms with E-state index in [1.165, 1.54) is 0 Å². The summed E-state index contributed by atoms with van der Waals surface area (Å²) < 4.78 is 5.43. The number of piperidine rings is 1. The first-order chi connectivity index (χ1) is 13.7. The predicted octanol–water partition coefficient (Wildman–Crippen LogP) is 3.18.